The smallest absolute Gasteiger partial charge is 0.339 e. The number of halogens is 2. The Hall–Kier alpha value is -3.39. The monoisotopic (exact) mass is 443 g/mol. The van der Waals surface area contributed by atoms with Gasteiger partial charge in [-0.05, 0) is 48.5 Å². The highest BCUT2D eigenvalue weighted by Gasteiger charge is 2.14. The molecule has 0 aliphatic carbocycles. The maximum atomic E-state index is 13.5. The van der Waals surface area contributed by atoms with Crippen LogP contribution in [-0.2, 0) is 9.53 Å². The van der Waals surface area contributed by atoms with Gasteiger partial charge < -0.3 is 14.8 Å². The van der Waals surface area contributed by atoms with Crippen LogP contribution in [0.15, 0.2) is 77.7 Å². The fraction of sp³-hybridized carbons (Fsp3) is 0.130. The van der Waals surface area contributed by atoms with Gasteiger partial charge in [-0.15, -0.1) is 11.8 Å². The molecule has 5 nitrogen and oxygen atoms in total. The van der Waals surface area contributed by atoms with Crippen LogP contribution in [0.2, 0.25) is 0 Å². The van der Waals surface area contributed by atoms with Crippen molar-refractivity contribution in [2.45, 2.75) is 4.90 Å². The van der Waals surface area contributed by atoms with Crippen LogP contribution >= 0.6 is 11.8 Å². The van der Waals surface area contributed by atoms with E-state index in [9.17, 15) is 18.4 Å². The molecule has 3 aromatic rings. The largest absolute Gasteiger partial charge is 0.487 e. The second-order valence-electron chi connectivity index (χ2n) is 6.25. The Morgan fingerprint density at radius 2 is 1.58 bits per heavy atom. The number of carbonyl (C=O) groups excluding carboxylic acids is 2. The summed E-state index contributed by atoms with van der Waals surface area (Å²) in [5.41, 5.74) is 0.794. The van der Waals surface area contributed by atoms with Crippen LogP contribution in [-0.4, -0.2) is 30.8 Å². The molecule has 0 saturated heterocycles. The van der Waals surface area contributed by atoms with Crippen molar-refractivity contribution in [3.8, 4) is 5.75 Å². The van der Waals surface area contributed by atoms with Crippen molar-refractivity contribution in [2.75, 3.05) is 24.3 Å². The minimum atomic E-state index is -0.570. The lowest BCUT2D eigenvalue weighted by Gasteiger charge is -2.11. The summed E-state index contributed by atoms with van der Waals surface area (Å²) in [6, 6.07) is 18.1. The van der Waals surface area contributed by atoms with Crippen molar-refractivity contribution in [1.82, 2.24) is 0 Å². The predicted molar refractivity (Wildman–Crippen MR) is 114 cm³/mol. The Balaban J connectivity index is 1.49. The zero-order chi connectivity index (χ0) is 22.1. The van der Waals surface area contributed by atoms with Gasteiger partial charge in [0.15, 0.2) is 11.6 Å². The van der Waals surface area contributed by atoms with Gasteiger partial charge in [0, 0.05) is 10.6 Å². The fourth-order valence-corrected chi connectivity index (χ4v) is 3.40. The zero-order valence-corrected chi connectivity index (χ0v) is 17.2. The quantitative estimate of drug-likeness (QED) is 0.289. The Morgan fingerprint density at radius 3 is 2.35 bits per heavy atom. The predicted octanol–water partition coefficient (Wildman–Crippen LogP) is 4.93. The van der Waals surface area contributed by atoms with Crippen LogP contribution in [0.4, 0.5) is 14.5 Å². The van der Waals surface area contributed by atoms with Crippen molar-refractivity contribution in [2.24, 2.45) is 0 Å². The molecule has 3 aromatic carbocycles. The van der Waals surface area contributed by atoms with Gasteiger partial charge in [-0.3, -0.25) is 4.79 Å². The average molecular weight is 443 g/mol. The minimum Gasteiger partial charge on any atom is -0.487 e. The van der Waals surface area contributed by atoms with Crippen molar-refractivity contribution in [3.05, 3.63) is 90.0 Å². The summed E-state index contributed by atoms with van der Waals surface area (Å²) in [5, 5.41) is 2.66. The van der Waals surface area contributed by atoms with Crippen molar-refractivity contribution in [1.29, 1.82) is 0 Å². The zero-order valence-electron chi connectivity index (χ0n) is 16.3. The minimum absolute atomic E-state index is 0.00204. The van der Waals surface area contributed by atoms with Gasteiger partial charge in [0.25, 0.3) is 0 Å². The van der Waals surface area contributed by atoms with Gasteiger partial charge in [0.1, 0.15) is 19.0 Å². The van der Waals surface area contributed by atoms with E-state index < -0.39 is 11.8 Å². The molecule has 0 heterocycles. The molecular formula is C23H19F2NO4S. The summed E-state index contributed by atoms with van der Waals surface area (Å²) in [5.74, 6) is -1.61. The van der Waals surface area contributed by atoms with E-state index >= 15 is 0 Å². The number of para-hydroxylation sites is 1. The number of ether oxygens (including phenoxy) is 2. The van der Waals surface area contributed by atoms with Gasteiger partial charge in [0.05, 0.1) is 11.3 Å². The molecule has 0 atom stereocenters. The number of rotatable bonds is 9. The lowest BCUT2D eigenvalue weighted by molar-refractivity contribution is -0.113. The first-order chi connectivity index (χ1) is 15.0. The van der Waals surface area contributed by atoms with Gasteiger partial charge >= 0.3 is 5.97 Å². The van der Waals surface area contributed by atoms with E-state index in [4.69, 9.17) is 9.47 Å². The molecule has 0 aliphatic rings. The van der Waals surface area contributed by atoms with E-state index in [0.717, 1.165) is 0 Å². The molecule has 0 aromatic heterocycles. The number of benzene rings is 3. The van der Waals surface area contributed by atoms with Crippen LogP contribution < -0.4 is 10.1 Å². The van der Waals surface area contributed by atoms with Crippen LogP contribution in [0.1, 0.15) is 10.4 Å². The summed E-state index contributed by atoms with van der Waals surface area (Å²) in [6.07, 6.45) is 0. The molecule has 1 N–H and O–H groups in total. The second-order valence-corrected chi connectivity index (χ2v) is 7.27. The summed E-state index contributed by atoms with van der Waals surface area (Å²) in [4.78, 5) is 25.1. The number of amides is 1. The third-order valence-corrected chi connectivity index (χ3v) is 5.08. The highest BCUT2D eigenvalue weighted by Crippen LogP contribution is 2.24. The molecule has 0 unspecified atom stereocenters. The van der Waals surface area contributed by atoms with Gasteiger partial charge in [0.2, 0.25) is 5.91 Å². The summed E-state index contributed by atoms with van der Waals surface area (Å²) < 4.78 is 36.9. The normalized spacial score (nSPS) is 10.4. The number of hydrogen-bond acceptors (Lipinski definition) is 5. The molecule has 0 spiro atoms. The number of carbonyl (C=O) groups is 2. The molecule has 0 fully saturated rings. The first-order valence-electron chi connectivity index (χ1n) is 9.34. The summed E-state index contributed by atoms with van der Waals surface area (Å²) in [7, 11) is 0. The molecule has 0 saturated carbocycles. The molecule has 31 heavy (non-hydrogen) atoms. The topological polar surface area (TPSA) is 64.6 Å². The highest BCUT2D eigenvalue weighted by molar-refractivity contribution is 8.00. The van der Waals surface area contributed by atoms with Crippen molar-refractivity contribution in [3.63, 3.8) is 0 Å². The molecule has 0 bridgehead atoms. The first kappa shape index (κ1) is 22.3. The maximum Gasteiger partial charge on any atom is 0.339 e. The van der Waals surface area contributed by atoms with Gasteiger partial charge in [-0.25, -0.2) is 13.6 Å². The Bertz CT molecular complexity index is 1040. The van der Waals surface area contributed by atoms with Crippen molar-refractivity contribution >= 4 is 29.3 Å². The maximum absolute atomic E-state index is 13.5. The third kappa shape index (κ3) is 6.82. The standard InChI is InChI=1S/C23H19F2NO4S/c24-16-9-11-17(12-10-16)26-22(27)15-31-21-8-4-1-5-18(21)23(28)30-14-13-29-20-7-3-2-6-19(20)25/h1-12H,13-15H2,(H,26,27). The Kier molecular flexibility index (Phi) is 8.00. The van der Waals surface area contributed by atoms with Crippen molar-refractivity contribution < 1.29 is 27.8 Å². The fourth-order valence-electron chi connectivity index (χ4n) is 2.56. The molecule has 8 heteroatoms. The lowest BCUT2D eigenvalue weighted by Crippen LogP contribution is -2.15. The SMILES string of the molecule is O=C(CSc1ccccc1C(=O)OCCOc1ccccc1F)Nc1ccc(F)cc1. The number of nitrogens with one attached hydrogen (secondary N) is 1. The number of esters is 1. The third-order valence-electron chi connectivity index (χ3n) is 4.00. The molecule has 1 amide bonds. The van der Waals surface area contributed by atoms with Gasteiger partial charge in [-0.1, -0.05) is 24.3 Å². The van der Waals surface area contributed by atoms with E-state index in [1.165, 1.54) is 48.2 Å². The number of hydrogen-bond donors (Lipinski definition) is 1. The number of anilines is 1. The van der Waals surface area contributed by atoms with Crippen LogP contribution in [0.25, 0.3) is 0 Å². The van der Waals surface area contributed by atoms with Crippen LogP contribution in [0, 0.1) is 11.6 Å². The van der Waals surface area contributed by atoms with E-state index in [1.807, 2.05) is 0 Å². The number of thioether (sulfide) groups is 1. The molecule has 3 rings (SSSR count). The highest BCUT2D eigenvalue weighted by atomic mass is 32.2. The van der Waals surface area contributed by atoms with E-state index in [2.05, 4.69) is 5.32 Å². The van der Waals surface area contributed by atoms with E-state index in [1.54, 1.807) is 36.4 Å². The summed E-state index contributed by atoms with van der Waals surface area (Å²) in [6.45, 7) is -0.0563. The Morgan fingerprint density at radius 1 is 0.871 bits per heavy atom. The molecule has 160 valence electrons. The molecule has 0 aliphatic heterocycles. The Labute approximate surface area is 182 Å². The van der Waals surface area contributed by atoms with E-state index in [-0.39, 0.29) is 36.4 Å². The molecule has 0 radical (unpaired) electrons. The average Bonchev–Trinajstić information content (AvgIpc) is 2.78. The van der Waals surface area contributed by atoms with E-state index in [0.29, 0.717) is 16.1 Å². The van der Waals surface area contributed by atoms with Gasteiger partial charge in [-0.2, -0.15) is 0 Å². The lowest BCUT2D eigenvalue weighted by atomic mass is 10.2. The summed E-state index contributed by atoms with van der Waals surface area (Å²) >= 11 is 1.18. The molecular weight excluding hydrogens is 424 g/mol. The van der Waals surface area contributed by atoms with Crippen LogP contribution in [0.3, 0.4) is 0 Å². The first-order valence-corrected chi connectivity index (χ1v) is 10.3. The second kappa shape index (κ2) is 11.1. The van der Waals surface area contributed by atoms with Crippen LogP contribution in [0.5, 0.6) is 5.75 Å².